The lowest BCUT2D eigenvalue weighted by Gasteiger charge is -2.26. The van der Waals surface area contributed by atoms with Gasteiger partial charge in [-0.1, -0.05) is 36.9 Å². The second-order valence-corrected chi connectivity index (χ2v) is 6.89. The van der Waals surface area contributed by atoms with E-state index in [0.29, 0.717) is 28.9 Å². The molecular weight excluding hydrogens is 258 g/mol. The molecule has 1 fully saturated rings. The highest BCUT2D eigenvalue weighted by atomic mass is 35.5. The monoisotopic (exact) mass is 273 g/mol. The van der Waals surface area contributed by atoms with Gasteiger partial charge in [0.2, 0.25) is 5.91 Å². The van der Waals surface area contributed by atoms with Crippen molar-refractivity contribution >= 4 is 29.0 Å². The van der Waals surface area contributed by atoms with E-state index in [1.54, 1.807) is 0 Å². The van der Waals surface area contributed by atoms with Crippen molar-refractivity contribution in [3.8, 4) is 0 Å². The van der Waals surface area contributed by atoms with Gasteiger partial charge in [-0.2, -0.15) is 0 Å². The van der Waals surface area contributed by atoms with E-state index >= 15 is 0 Å². The number of hydrogen-bond donors (Lipinski definition) is 0. The first-order valence-corrected chi connectivity index (χ1v) is 6.77. The molecule has 0 aliphatic carbocycles. The summed E-state index contributed by atoms with van der Waals surface area (Å²) >= 11 is 7.11. The van der Waals surface area contributed by atoms with Crippen LogP contribution in [0.5, 0.6) is 0 Å². The molecule has 17 heavy (non-hydrogen) atoms. The molecule has 1 aliphatic heterocycles. The van der Waals surface area contributed by atoms with Crippen LogP contribution in [-0.4, -0.2) is 26.9 Å². The topological polar surface area (TPSA) is 46.1 Å². The minimum Gasteiger partial charge on any atom is -0.336 e. The molecule has 0 saturated carbocycles. The molecule has 0 spiro atoms. The molecule has 2 heterocycles. The van der Waals surface area contributed by atoms with Gasteiger partial charge in [0.15, 0.2) is 0 Å². The molecule has 0 aromatic carbocycles. The van der Waals surface area contributed by atoms with Crippen molar-refractivity contribution in [2.45, 2.75) is 33.7 Å². The minimum absolute atomic E-state index is 0.161. The maximum Gasteiger partial charge on any atom is 0.223 e. The first kappa shape index (κ1) is 12.8. The number of carbonyl (C=O) groups is 1. The fourth-order valence-electron chi connectivity index (χ4n) is 1.98. The second-order valence-electron chi connectivity index (χ2n) is 5.53. The smallest absolute Gasteiger partial charge is 0.223 e. The summed E-state index contributed by atoms with van der Waals surface area (Å²) < 4.78 is 4.36. The van der Waals surface area contributed by atoms with E-state index in [-0.39, 0.29) is 11.3 Å². The third-order valence-corrected chi connectivity index (χ3v) is 4.27. The lowest BCUT2D eigenvalue weighted by molar-refractivity contribution is -0.128. The molecule has 1 unspecified atom stereocenters. The van der Waals surface area contributed by atoms with Crippen molar-refractivity contribution in [3.05, 3.63) is 10.0 Å². The third kappa shape index (κ3) is 2.77. The van der Waals surface area contributed by atoms with Crippen molar-refractivity contribution in [1.29, 1.82) is 0 Å². The van der Waals surface area contributed by atoms with Gasteiger partial charge in [-0.15, -0.1) is 5.10 Å². The molecule has 1 aromatic heterocycles. The molecule has 0 radical (unpaired) electrons. The van der Waals surface area contributed by atoms with Gasteiger partial charge < -0.3 is 4.90 Å². The van der Waals surface area contributed by atoms with E-state index < -0.39 is 0 Å². The maximum absolute atomic E-state index is 11.9. The Morgan fingerprint density at radius 1 is 1.53 bits per heavy atom. The van der Waals surface area contributed by atoms with Crippen LogP contribution in [0.4, 0.5) is 0 Å². The molecule has 1 saturated heterocycles. The molecule has 0 bridgehead atoms. The van der Waals surface area contributed by atoms with Crippen molar-refractivity contribution < 1.29 is 4.79 Å². The van der Waals surface area contributed by atoms with Crippen LogP contribution in [0.1, 0.15) is 32.9 Å². The summed E-state index contributed by atoms with van der Waals surface area (Å²) in [5, 5.41) is 3.94. The van der Waals surface area contributed by atoms with Gasteiger partial charge in [-0.25, -0.2) is 0 Å². The molecule has 6 heteroatoms. The zero-order valence-corrected chi connectivity index (χ0v) is 11.8. The van der Waals surface area contributed by atoms with Gasteiger partial charge in [0.25, 0.3) is 0 Å². The van der Waals surface area contributed by atoms with Crippen molar-refractivity contribution in [2.24, 2.45) is 11.3 Å². The Bertz CT molecular complexity index is 427. The van der Waals surface area contributed by atoms with Gasteiger partial charge in [0, 0.05) is 24.5 Å². The van der Waals surface area contributed by atoms with Crippen molar-refractivity contribution in [2.75, 3.05) is 6.54 Å². The fourth-order valence-corrected chi connectivity index (χ4v) is 2.59. The van der Waals surface area contributed by atoms with Crippen molar-refractivity contribution in [1.82, 2.24) is 14.5 Å². The third-order valence-electron chi connectivity index (χ3n) is 3.29. The Morgan fingerprint density at radius 2 is 2.24 bits per heavy atom. The molecule has 1 atom stereocenters. The number of amides is 1. The SMILES string of the molecule is CC(C)(C)C1CC(=O)N(Cc2nnsc2Cl)C1. The van der Waals surface area contributed by atoms with Crippen LogP contribution in [0.25, 0.3) is 0 Å². The standard InChI is InChI=1S/C11H16ClN3OS/c1-11(2,3)7-4-9(16)15(5-7)6-8-10(12)17-14-13-8/h7H,4-6H2,1-3H3. The lowest BCUT2D eigenvalue weighted by Crippen LogP contribution is -2.27. The molecule has 0 N–H and O–H groups in total. The van der Waals surface area contributed by atoms with Crippen LogP contribution in [0.3, 0.4) is 0 Å². The number of likely N-dealkylation sites (tertiary alicyclic amines) is 1. The van der Waals surface area contributed by atoms with E-state index in [1.165, 1.54) is 0 Å². The largest absolute Gasteiger partial charge is 0.336 e. The molecule has 1 aromatic rings. The first-order valence-electron chi connectivity index (χ1n) is 5.62. The van der Waals surface area contributed by atoms with Crippen LogP contribution in [0.2, 0.25) is 4.34 Å². The Balaban J connectivity index is 2.05. The summed E-state index contributed by atoms with van der Waals surface area (Å²) in [4.78, 5) is 13.7. The number of rotatable bonds is 2. The summed E-state index contributed by atoms with van der Waals surface area (Å²) in [6, 6.07) is 0. The number of hydrogen-bond acceptors (Lipinski definition) is 4. The second kappa shape index (κ2) is 4.53. The average Bonchev–Trinajstić information content (AvgIpc) is 2.75. The molecule has 1 amide bonds. The highest BCUT2D eigenvalue weighted by molar-refractivity contribution is 7.10. The fraction of sp³-hybridized carbons (Fsp3) is 0.727. The Morgan fingerprint density at radius 3 is 2.71 bits per heavy atom. The van der Waals surface area contributed by atoms with Gasteiger partial charge in [0.1, 0.15) is 10.0 Å². The predicted molar refractivity (Wildman–Crippen MR) is 67.9 cm³/mol. The summed E-state index contributed by atoms with van der Waals surface area (Å²) in [5.74, 6) is 0.592. The normalized spacial score (nSPS) is 21.3. The first-order chi connectivity index (χ1) is 7.88. The summed E-state index contributed by atoms with van der Waals surface area (Å²) in [5.41, 5.74) is 0.869. The Labute approximate surface area is 110 Å². The zero-order chi connectivity index (χ0) is 12.6. The zero-order valence-electron chi connectivity index (χ0n) is 10.2. The quantitative estimate of drug-likeness (QED) is 0.832. The molecule has 2 rings (SSSR count). The number of carbonyl (C=O) groups excluding carboxylic acids is 1. The number of nitrogens with zero attached hydrogens (tertiary/aromatic N) is 3. The predicted octanol–water partition coefficient (Wildman–Crippen LogP) is 2.59. The van der Waals surface area contributed by atoms with Gasteiger partial charge in [-0.3, -0.25) is 4.79 Å². The van der Waals surface area contributed by atoms with Crippen LogP contribution >= 0.6 is 23.1 Å². The number of aromatic nitrogens is 2. The van der Waals surface area contributed by atoms with Crippen LogP contribution < -0.4 is 0 Å². The van der Waals surface area contributed by atoms with Crippen LogP contribution in [0.15, 0.2) is 0 Å². The molecular formula is C11H16ClN3OS. The van der Waals surface area contributed by atoms with Crippen LogP contribution in [0, 0.1) is 11.3 Å². The lowest BCUT2D eigenvalue weighted by atomic mass is 9.80. The van der Waals surface area contributed by atoms with E-state index in [9.17, 15) is 4.79 Å². The number of halogens is 1. The van der Waals surface area contributed by atoms with E-state index in [0.717, 1.165) is 18.1 Å². The van der Waals surface area contributed by atoms with E-state index in [2.05, 4.69) is 30.4 Å². The van der Waals surface area contributed by atoms with Gasteiger partial charge in [0.05, 0.1) is 6.54 Å². The maximum atomic E-state index is 11.9. The molecule has 94 valence electrons. The summed E-state index contributed by atoms with van der Waals surface area (Å²) in [6.45, 7) is 7.79. The highest BCUT2D eigenvalue weighted by Crippen LogP contribution is 2.35. The van der Waals surface area contributed by atoms with E-state index in [1.807, 2.05) is 4.90 Å². The highest BCUT2D eigenvalue weighted by Gasteiger charge is 2.37. The Kier molecular flexibility index (Phi) is 3.41. The minimum atomic E-state index is 0.161. The van der Waals surface area contributed by atoms with Gasteiger partial charge in [-0.05, 0) is 11.3 Å². The molecule has 1 aliphatic rings. The molecule has 4 nitrogen and oxygen atoms in total. The van der Waals surface area contributed by atoms with E-state index in [4.69, 9.17) is 11.6 Å². The van der Waals surface area contributed by atoms with Crippen molar-refractivity contribution in [3.63, 3.8) is 0 Å². The average molecular weight is 274 g/mol. The summed E-state index contributed by atoms with van der Waals surface area (Å²) in [6.07, 6.45) is 0.624. The van der Waals surface area contributed by atoms with Crippen LogP contribution in [-0.2, 0) is 11.3 Å². The summed E-state index contributed by atoms with van der Waals surface area (Å²) in [7, 11) is 0. The van der Waals surface area contributed by atoms with Gasteiger partial charge >= 0.3 is 0 Å². The Hall–Kier alpha value is -0.680.